The zero-order chi connectivity index (χ0) is 7.90. The van der Waals surface area contributed by atoms with Gasteiger partial charge in [-0.3, -0.25) is 10.1 Å². The largest absolute Gasteiger partial charge is 0.323 e. The van der Waals surface area contributed by atoms with Gasteiger partial charge in [0.1, 0.15) is 5.54 Å². The summed E-state index contributed by atoms with van der Waals surface area (Å²) in [5.41, 5.74) is -0.642. The van der Waals surface area contributed by atoms with Crippen molar-refractivity contribution in [1.29, 1.82) is 0 Å². The SMILES string of the molecule is O=C1NC(=O)C2(CC=CC2)N1. The Morgan fingerprint density at radius 2 is 1.91 bits per heavy atom. The first kappa shape index (κ1) is 6.39. The summed E-state index contributed by atoms with van der Waals surface area (Å²) in [6.07, 6.45) is 5.05. The number of rotatable bonds is 0. The third kappa shape index (κ3) is 0.753. The van der Waals surface area contributed by atoms with Gasteiger partial charge in [0.2, 0.25) is 0 Å². The third-order valence-corrected chi connectivity index (χ3v) is 2.11. The molecule has 1 aliphatic carbocycles. The van der Waals surface area contributed by atoms with Crippen molar-refractivity contribution in [3.8, 4) is 0 Å². The van der Waals surface area contributed by atoms with Gasteiger partial charge in [-0.15, -0.1) is 0 Å². The molecule has 0 radical (unpaired) electrons. The van der Waals surface area contributed by atoms with E-state index >= 15 is 0 Å². The van der Waals surface area contributed by atoms with E-state index < -0.39 is 5.54 Å². The van der Waals surface area contributed by atoms with E-state index in [9.17, 15) is 9.59 Å². The van der Waals surface area contributed by atoms with Gasteiger partial charge in [0.05, 0.1) is 0 Å². The Hall–Kier alpha value is -1.32. The average molecular weight is 152 g/mol. The predicted octanol–water partition coefficient (Wildman–Crippen LogP) is -0.0854. The molecule has 11 heavy (non-hydrogen) atoms. The highest BCUT2D eigenvalue weighted by molar-refractivity contribution is 6.07. The molecule has 0 bridgehead atoms. The number of urea groups is 1. The normalized spacial score (nSPS) is 25.8. The Kier molecular flexibility index (Phi) is 1.07. The van der Waals surface area contributed by atoms with Crippen LogP contribution in [0, 0.1) is 0 Å². The van der Waals surface area contributed by atoms with E-state index in [0.29, 0.717) is 12.8 Å². The zero-order valence-corrected chi connectivity index (χ0v) is 5.89. The van der Waals surface area contributed by atoms with Crippen LogP contribution in [0.1, 0.15) is 12.8 Å². The Balaban J connectivity index is 2.26. The molecule has 4 nitrogen and oxygen atoms in total. The molecule has 0 aromatic rings. The lowest BCUT2D eigenvalue weighted by molar-refractivity contribution is -0.123. The molecule has 1 aliphatic heterocycles. The summed E-state index contributed by atoms with van der Waals surface area (Å²) in [6, 6.07) is -0.376. The molecule has 3 amide bonds. The Morgan fingerprint density at radius 3 is 2.36 bits per heavy atom. The number of carbonyl (C=O) groups excluding carboxylic acids is 2. The zero-order valence-electron chi connectivity index (χ0n) is 5.89. The molecule has 1 fully saturated rings. The minimum atomic E-state index is -0.642. The lowest BCUT2D eigenvalue weighted by Gasteiger charge is -2.17. The Morgan fingerprint density at radius 1 is 1.27 bits per heavy atom. The van der Waals surface area contributed by atoms with Gasteiger partial charge in [-0.25, -0.2) is 4.79 Å². The molecular weight excluding hydrogens is 144 g/mol. The molecule has 58 valence electrons. The van der Waals surface area contributed by atoms with Gasteiger partial charge < -0.3 is 5.32 Å². The van der Waals surface area contributed by atoms with Gasteiger partial charge in [0.15, 0.2) is 0 Å². The van der Waals surface area contributed by atoms with Crippen LogP contribution in [0.3, 0.4) is 0 Å². The molecule has 2 aliphatic rings. The monoisotopic (exact) mass is 152 g/mol. The van der Waals surface area contributed by atoms with Crippen LogP contribution in [0.15, 0.2) is 12.2 Å². The Labute approximate surface area is 63.7 Å². The highest BCUT2D eigenvalue weighted by Crippen LogP contribution is 2.26. The number of hydrogen-bond donors (Lipinski definition) is 2. The molecule has 0 aromatic carbocycles. The van der Waals surface area contributed by atoms with Crippen LogP contribution >= 0.6 is 0 Å². The van der Waals surface area contributed by atoms with Crippen molar-refractivity contribution in [2.24, 2.45) is 0 Å². The van der Waals surface area contributed by atoms with Crippen LogP contribution in [-0.2, 0) is 4.79 Å². The van der Waals surface area contributed by atoms with E-state index in [1.165, 1.54) is 0 Å². The summed E-state index contributed by atoms with van der Waals surface area (Å²) in [7, 11) is 0. The first-order valence-corrected chi connectivity index (χ1v) is 3.52. The molecule has 0 saturated carbocycles. The van der Waals surface area contributed by atoms with Crippen molar-refractivity contribution in [3.63, 3.8) is 0 Å². The van der Waals surface area contributed by atoms with Crippen molar-refractivity contribution in [3.05, 3.63) is 12.2 Å². The van der Waals surface area contributed by atoms with Crippen LogP contribution in [0.25, 0.3) is 0 Å². The Bertz CT molecular complexity index is 249. The van der Waals surface area contributed by atoms with Crippen molar-refractivity contribution in [2.75, 3.05) is 0 Å². The fourth-order valence-corrected chi connectivity index (χ4v) is 1.47. The molecule has 0 atom stereocenters. The number of hydrogen-bond acceptors (Lipinski definition) is 2. The molecule has 1 heterocycles. The second kappa shape index (κ2) is 1.84. The maximum atomic E-state index is 11.2. The van der Waals surface area contributed by atoms with E-state index in [4.69, 9.17) is 0 Å². The minimum absolute atomic E-state index is 0.201. The molecule has 0 aromatic heterocycles. The predicted molar refractivity (Wildman–Crippen MR) is 37.8 cm³/mol. The summed E-state index contributed by atoms with van der Waals surface area (Å²) in [6.45, 7) is 0. The van der Waals surface area contributed by atoms with Crippen molar-refractivity contribution >= 4 is 11.9 Å². The number of amides is 3. The summed E-state index contributed by atoms with van der Waals surface area (Å²) < 4.78 is 0. The maximum absolute atomic E-state index is 11.2. The average Bonchev–Trinajstić information content (AvgIpc) is 2.45. The van der Waals surface area contributed by atoms with E-state index in [1.807, 2.05) is 12.2 Å². The molecule has 0 unspecified atom stereocenters. The maximum Gasteiger partial charge on any atom is 0.322 e. The molecular formula is C7H8N2O2. The highest BCUT2D eigenvalue weighted by atomic mass is 16.2. The van der Waals surface area contributed by atoms with Crippen molar-refractivity contribution in [1.82, 2.24) is 10.6 Å². The van der Waals surface area contributed by atoms with Crippen molar-refractivity contribution in [2.45, 2.75) is 18.4 Å². The van der Waals surface area contributed by atoms with Gasteiger partial charge in [0, 0.05) is 0 Å². The molecule has 4 heteroatoms. The molecule has 2 N–H and O–H groups in total. The van der Waals surface area contributed by atoms with Crippen LogP contribution in [0.5, 0.6) is 0 Å². The molecule has 1 spiro atoms. The summed E-state index contributed by atoms with van der Waals surface area (Å²) >= 11 is 0. The van der Waals surface area contributed by atoms with Gasteiger partial charge in [-0.2, -0.15) is 0 Å². The standard InChI is InChI=1S/C7H8N2O2/c10-5-7(3-1-2-4-7)9-6(11)8-5/h1-2H,3-4H2,(H2,8,9,10,11). The van der Waals surface area contributed by atoms with Gasteiger partial charge >= 0.3 is 6.03 Å². The summed E-state index contributed by atoms with van der Waals surface area (Å²) in [5.74, 6) is -0.201. The lowest BCUT2D eigenvalue weighted by atomic mass is 9.98. The quantitative estimate of drug-likeness (QED) is 0.376. The van der Waals surface area contributed by atoms with Crippen LogP contribution in [0.2, 0.25) is 0 Å². The third-order valence-electron chi connectivity index (χ3n) is 2.11. The smallest absolute Gasteiger partial charge is 0.322 e. The number of carbonyl (C=O) groups is 2. The molecule has 2 rings (SSSR count). The summed E-state index contributed by atoms with van der Waals surface area (Å²) in [5, 5.41) is 4.84. The van der Waals surface area contributed by atoms with E-state index in [0.717, 1.165) is 0 Å². The van der Waals surface area contributed by atoms with E-state index in [-0.39, 0.29) is 11.9 Å². The van der Waals surface area contributed by atoms with E-state index in [1.54, 1.807) is 0 Å². The van der Waals surface area contributed by atoms with Crippen molar-refractivity contribution < 1.29 is 9.59 Å². The fourth-order valence-electron chi connectivity index (χ4n) is 1.47. The molecule has 1 saturated heterocycles. The first-order chi connectivity index (χ1) is 5.23. The number of nitrogens with one attached hydrogen (secondary N) is 2. The van der Waals surface area contributed by atoms with Gasteiger partial charge in [0.25, 0.3) is 5.91 Å². The van der Waals surface area contributed by atoms with Crippen LogP contribution in [0.4, 0.5) is 4.79 Å². The van der Waals surface area contributed by atoms with Gasteiger partial charge in [-0.1, -0.05) is 12.2 Å². The number of imide groups is 1. The van der Waals surface area contributed by atoms with Crippen LogP contribution < -0.4 is 10.6 Å². The second-order valence-corrected chi connectivity index (χ2v) is 2.87. The second-order valence-electron chi connectivity index (χ2n) is 2.87. The topological polar surface area (TPSA) is 58.2 Å². The van der Waals surface area contributed by atoms with E-state index in [2.05, 4.69) is 10.6 Å². The minimum Gasteiger partial charge on any atom is -0.323 e. The fraction of sp³-hybridized carbons (Fsp3) is 0.429. The van der Waals surface area contributed by atoms with Crippen LogP contribution in [-0.4, -0.2) is 17.5 Å². The highest BCUT2D eigenvalue weighted by Gasteiger charge is 2.45. The summed E-state index contributed by atoms with van der Waals surface area (Å²) in [4.78, 5) is 21.9. The van der Waals surface area contributed by atoms with Gasteiger partial charge in [-0.05, 0) is 12.8 Å². The lowest BCUT2D eigenvalue weighted by Crippen LogP contribution is -2.44. The first-order valence-electron chi connectivity index (χ1n) is 3.52.